The molecule has 168 valence electrons. The summed E-state index contributed by atoms with van der Waals surface area (Å²) in [4.78, 5) is 16.6. The summed E-state index contributed by atoms with van der Waals surface area (Å²) in [5.41, 5.74) is -2.55. The van der Waals surface area contributed by atoms with E-state index in [4.69, 9.17) is 4.74 Å². The van der Waals surface area contributed by atoms with Crippen molar-refractivity contribution in [2.24, 2.45) is 0 Å². The number of hydrogen-bond acceptors (Lipinski definition) is 3. The molecule has 1 N–H and O–H groups in total. The van der Waals surface area contributed by atoms with Crippen molar-refractivity contribution in [3.63, 3.8) is 0 Å². The lowest BCUT2D eigenvalue weighted by Crippen LogP contribution is -2.31. The van der Waals surface area contributed by atoms with Crippen molar-refractivity contribution >= 4 is 5.91 Å². The van der Waals surface area contributed by atoms with Gasteiger partial charge >= 0.3 is 12.4 Å². The second-order valence-electron chi connectivity index (χ2n) is 6.69. The normalized spacial score (nSPS) is 12.8. The number of ether oxygens (including phenoxy) is 1. The molecule has 0 saturated heterocycles. The number of rotatable bonds is 5. The van der Waals surface area contributed by atoms with E-state index in [1.165, 1.54) is 25.3 Å². The maximum Gasteiger partial charge on any atom is 0.418 e. The predicted molar refractivity (Wildman–Crippen MR) is 103 cm³/mol. The zero-order chi connectivity index (χ0) is 23.5. The van der Waals surface area contributed by atoms with Gasteiger partial charge in [0.1, 0.15) is 5.75 Å². The number of hydrogen-bond donors (Lipinski definition) is 1. The summed E-state index contributed by atoms with van der Waals surface area (Å²) in [6.07, 6.45) is -8.31. The van der Waals surface area contributed by atoms with E-state index in [1.54, 1.807) is 6.07 Å². The van der Waals surface area contributed by atoms with Crippen molar-refractivity contribution < 1.29 is 35.9 Å². The first kappa shape index (κ1) is 23.1. The molecule has 0 aliphatic rings. The Balaban J connectivity index is 2.07. The molecule has 1 aromatic heterocycles. The molecular formula is C22H16F6N2O2. The smallest absolute Gasteiger partial charge is 0.418 e. The van der Waals surface area contributed by atoms with Crippen LogP contribution in [0.25, 0.3) is 0 Å². The molecule has 2 aromatic carbocycles. The van der Waals surface area contributed by atoms with Crippen molar-refractivity contribution in [3.05, 3.63) is 94.8 Å². The number of nitrogens with zero attached hydrogens (tertiary/aromatic N) is 1. The number of methoxy groups -OCH3 is 1. The van der Waals surface area contributed by atoms with E-state index in [0.717, 1.165) is 42.6 Å². The highest BCUT2D eigenvalue weighted by Gasteiger charge is 2.37. The Labute approximate surface area is 178 Å². The summed E-state index contributed by atoms with van der Waals surface area (Å²) in [7, 11) is 1.38. The molecule has 10 heteroatoms. The van der Waals surface area contributed by atoms with Gasteiger partial charge in [0.2, 0.25) is 0 Å². The van der Waals surface area contributed by atoms with E-state index in [-0.39, 0.29) is 11.1 Å². The Kier molecular flexibility index (Phi) is 6.42. The SMILES string of the molecule is COc1cccc(C(=O)NC(c2ccc(C(F)(F)F)cc2)c2ncccc2C(F)(F)F)c1. The first-order valence-corrected chi connectivity index (χ1v) is 9.15. The maximum atomic E-state index is 13.6. The molecule has 0 bridgehead atoms. The van der Waals surface area contributed by atoms with Crippen molar-refractivity contribution in [2.45, 2.75) is 18.4 Å². The molecule has 0 aliphatic heterocycles. The summed E-state index contributed by atoms with van der Waals surface area (Å²) < 4.78 is 84.6. The quantitative estimate of drug-likeness (QED) is 0.507. The summed E-state index contributed by atoms with van der Waals surface area (Å²) in [5.74, 6) is -0.412. The highest BCUT2D eigenvalue weighted by atomic mass is 19.4. The van der Waals surface area contributed by atoms with Crippen LogP contribution in [-0.4, -0.2) is 18.0 Å². The minimum atomic E-state index is -4.80. The van der Waals surface area contributed by atoms with Crippen LogP contribution in [-0.2, 0) is 12.4 Å². The van der Waals surface area contributed by atoms with Gasteiger partial charge in [-0.25, -0.2) is 0 Å². The fraction of sp³-hybridized carbons (Fsp3) is 0.182. The molecule has 1 amide bonds. The highest BCUT2D eigenvalue weighted by molar-refractivity contribution is 5.95. The van der Waals surface area contributed by atoms with Gasteiger partial charge in [0.25, 0.3) is 5.91 Å². The van der Waals surface area contributed by atoms with E-state index >= 15 is 0 Å². The molecule has 3 rings (SSSR count). The number of carbonyl (C=O) groups is 1. The van der Waals surface area contributed by atoms with Gasteiger partial charge in [0, 0.05) is 11.8 Å². The monoisotopic (exact) mass is 454 g/mol. The summed E-state index contributed by atoms with van der Waals surface area (Å²) in [6.45, 7) is 0. The van der Waals surface area contributed by atoms with E-state index in [9.17, 15) is 31.1 Å². The highest BCUT2D eigenvalue weighted by Crippen LogP contribution is 2.36. The van der Waals surface area contributed by atoms with Gasteiger partial charge in [-0.2, -0.15) is 26.3 Å². The second kappa shape index (κ2) is 8.89. The number of nitrogens with one attached hydrogen (secondary N) is 1. The summed E-state index contributed by atoms with van der Waals surface area (Å²) >= 11 is 0. The van der Waals surface area contributed by atoms with Crippen LogP contribution in [0.15, 0.2) is 66.9 Å². The predicted octanol–water partition coefficient (Wildman–Crippen LogP) is 5.65. The summed E-state index contributed by atoms with van der Waals surface area (Å²) in [5, 5.41) is 2.45. The Morgan fingerprint density at radius 2 is 1.62 bits per heavy atom. The van der Waals surface area contributed by atoms with E-state index in [1.807, 2.05) is 0 Å². The minimum Gasteiger partial charge on any atom is -0.497 e. The standard InChI is InChI=1S/C22H16F6N2O2/c1-32-16-5-2-4-14(12-16)20(31)30-18(13-7-9-15(10-8-13)21(23,24)25)19-17(22(26,27)28)6-3-11-29-19/h2-12,18H,1H3,(H,30,31). The topological polar surface area (TPSA) is 51.2 Å². The molecule has 32 heavy (non-hydrogen) atoms. The van der Waals surface area contributed by atoms with E-state index in [0.29, 0.717) is 5.75 Å². The van der Waals surface area contributed by atoms with Gasteiger partial charge in [-0.1, -0.05) is 18.2 Å². The minimum absolute atomic E-state index is 0.00144. The fourth-order valence-electron chi connectivity index (χ4n) is 3.04. The molecule has 0 aliphatic carbocycles. The van der Waals surface area contributed by atoms with Crippen LogP contribution in [0.4, 0.5) is 26.3 Å². The van der Waals surface area contributed by atoms with E-state index < -0.39 is 41.1 Å². The molecule has 4 nitrogen and oxygen atoms in total. The Hall–Kier alpha value is -3.56. The third kappa shape index (κ3) is 5.19. The summed E-state index contributed by atoms with van der Waals surface area (Å²) in [6, 6.07) is 9.78. The number of alkyl halides is 6. The van der Waals surface area contributed by atoms with Gasteiger partial charge in [-0.05, 0) is 48.0 Å². The third-order valence-electron chi connectivity index (χ3n) is 4.60. The number of halogens is 6. The number of amides is 1. The third-order valence-corrected chi connectivity index (χ3v) is 4.60. The van der Waals surface area contributed by atoms with Crippen molar-refractivity contribution in [3.8, 4) is 5.75 Å². The maximum absolute atomic E-state index is 13.6. The Bertz CT molecular complexity index is 1090. The number of carbonyl (C=O) groups excluding carboxylic acids is 1. The van der Waals surface area contributed by atoms with Gasteiger partial charge in [-0.15, -0.1) is 0 Å². The molecule has 0 spiro atoms. The van der Waals surface area contributed by atoms with E-state index in [2.05, 4.69) is 10.3 Å². The van der Waals surface area contributed by atoms with Crippen LogP contribution in [0, 0.1) is 0 Å². The van der Waals surface area contributed by atoms with Gasteiger partial charge in [0.15, 0.2) is 0 Å². The van der Waals surface area contributed by atoms with Gasteiger partial charge < -0.3 is 10.1 Å². The number of benzene rings is 2. The zero-order valence-corrected chi connectivity index (χ0v) is 16.5. The van der Waals surface area contributed by atoms with Crippen molar-refractivity contribution in [1.29, 1.82) is 0 Å². The Morgan fingerprint density at radius 1 is 0.938 bits per heavy atom. The van der Waals surface area contributed by atoms with Crippen molar-refractivity contribution in [2.75, 3.05) is 7.11 Å². The zero-order valence-electron chi connectivity index (χ0n) is 16.5. The molecule has 0 saturated carbocycles. The van der Waals surface area contributed by atoms with Crippen LogP contribution >= 0.6 is 0 Å². The molecule has 1 atom stereocenters. The average molecular weight is 454 g/mol. The van der Waals surface area contributed by atoms with Crippen LogP contribution in [0.2, 0.25) is 0 Å². The number of aromatic nitrogens is 1. The largest absolute Gasteiger partial charge is 0.497 e. The second-order valence-corrected chi connectivity index (χ2v) is 6.69. The molecule has 1 unspecified atom stereocenters. The molecule has 0 radical (unpaired) electrons. The fourth-order valence-corrected chi connectivity index (χ4v) is 3.04. The lowest BCUT2D eigenvalue weighted by molar-refractivity contribution is -0.139. The number of pyridine rings is 1. The first-order chi connectivity index (χ1) is 15.0. The van der Waals surface area contributed by atoms with Gasteiger partial charge in [0.05, 0.1) is 30.0 Å². The van der Waals surface area contributed by atoms with Gasteiger partial charge in [-0.3, -0.25) is 9.78 Å². The molecule has 0 fully saturated rings. The van der Waals surface area contributed by atoms with Crippen LogP contribution in [0.3, 0.4) is 0 Å². The Morgan fingerprint density at radius 3 is 2.22 bits per heavy atom. The van der Waals surface area contributed by atoms with Crippen LogP contribution < -0.4 is 10.1 Å². The van der Waals surface area contributed by atoms with Crippen LogP contribution in [0.1, 0.15) is 38.8 Å². The van der Waals surface area contributed by atoms with Crippen LogP contribution in [0.5, 0.6) is 5.75 Å². The molecule has 1 heterocycles. The molecular weight excluding hydrogens is 438 g/mol. The molecule has 3 aromatic rings. The lowest BCUT2D eigenvalue weighted by Gasteiger charge is -2.23. The lowest BCUT2D eigenvalue weighted by atomic mass is 9.97. The first-order valence-electron chi connectivity index (χ1n) is 9.15. The average Bonchev–Trinajstić information content (AvgIpc) is 2.76. The van der Waals surface area contributed by atoms with Crippen molar-refractivity contribution in [1.82, 2.24) is 10.3 Å².